The molecule has 146 valence electrons. The minimum Gasteiger partial charge on any atom is -0.490 e. The fraction of sp³-hybridized carbons (Fsp3) is 0.556. The first-order valence-electron chi connectivity index (χ1n) is 9.05. The van der Waals surface area contributed by atoms with Gasteiger partial charge in [-0.25, -0.2) is 8.42 Å². The molecule has 1 aromatic heterocycles. The van der Waals surface area contributed by atoms with Gasteiger partial charge < -0.3 is 14.4 Å². The third kappa shape index (κ3) is 3.13. The smallest absolute Gasteiger partial charge is 0.260 e. The van der Waals surface area contributed by atoms with Crippen LogP contribution in [0.3, 0.4) is 0 Å². The fourth-order valence-corrected chi connectivity index (χ4v) is 5.05. The molecule has 2 atom stereocenters. The molecule has 0 amide bonds. The Kier molecular flexibility index (Phi) is 4.28. The Labute approximate surface area is 158 Å². The van der Waals surface area contributed by atoms with E-state index in [0.29, 0.717) is 12.2 Å². The lowest BCUT2D eigenvalue weighted by Gasteiger charge is -2.20. The van der Waals surface area contributed by atoms with E-state index < -0.39 is 15.6 Å². The molecule has 0 radical (unpaired) electrons. The number of hydrogen-bond donors (Lipinski definition) is 1. The van der Waals surface area contributed by atoms with Gasteiger partial charge in [-0.1, -0.05) is 19.0 Å². The average Bonchev–Trinajstić information content (AvgIpc) is 3.31. The van der Waals surface area contributed by atoms with Crippen molar-refractivity contribution in [1.29, 1.82) is 0 Å². The van der Waals surface area contributed by atoms with Gasteiger partial charge in [0, 0.05) is 25.3 Å². The standard InChI is InChI=1S/C18H23N3O5S/c1-11(2)16-19-17(26-20-16)18(22)6-7-21(10-18)27(23,24)14-4-5-15-13(9-14)8-12(3)25-15/h4-5,9,11-12,22H,6-8,10H2,1-3H3/t12-,18-/m1/s1. The summed E-state index contributed by atoms with van der Waals surface area (Å²) >= 11 is 0. The lowest BCUT2D eigenvalue weighted by atomic mass is 10.0. The maximum Gasteiger partial charge on any atom is 0.260 e. The summed E-state index contributed by atoms with van der Waals surface area (Å²) < 4.78 is 38.2. The van der Waals surface area contributed by atoms with Gasteiger partial charge in [-0.3, -0.25) is 0 Å². The highest BCUT2D eigenvalue weighted by atomic mass is 32.2. The van der Waals surface area contributed by atoms with Crippen LogP contribution in [0.4, 0.5) is 0 Å². The first-order valence-corrected chi connectivity index (χ1v) is 10.5. The zero-order valence-electron chi connectivity index (χ0n) is 15.5. The van der Waals surface area contributed by atoms with E-state index in [1.165, 1.54) is 4.31 Å². The summed E-state index contributed by atoms with van der Waals surface area (Å²) in [7, 11) is -3.74. The Morgan fingerprint density at radius 3 is 2.85 bits per heavy atom. The summed E-state index contributed by atoms with van der Waals surface area (Å²) in [4.78, 5) is 4.45. The number of sulfonamides is 1. The molecule has 1 aromatic carbocycles. The molecule has 0 saturated carbocycles. The molecule has 0 unspecified atom stereocenters. The van der Waals surface area contributed by atoms with Crippen LogP contribution in [0.25, 0.3) is 0 Å². The van der Waals surface area contributed by atoms with E-state index in [4.69, 9.17) is 9.26 Å². The van der Waals surface area contributed by atoms with E-state index in [2.05, 4.69) is 10.1 Å². The Bertz CT molecular complexity index is 971. The summed E-state index contributed by atoms with van der Waals surface area (Å²) in [6, 6.07) is 4.91. The lowest BCUT2D eigenvalue weighted by Crippen LogP contribution is -2.34. The Morgan fingerprint density at radius 2 is 2.15 bits per heavy atom. The van der Waals surface area contributed by atoms with Crippen LogP contribution >= 0.6 is 0 Å². The number of benzene rings is 1. The van der Waals surface area contributed by atoms with E-state index in [1.807, 2.05) is 20.8 Å². The number of ether oxygens (including phenoxy) is 1. The molecule has 27 heavy (non-hydrogen) atoms. The number of fused-ring (bicyclic) bond motifs is 1. The largest absolute Gasteiger partial charge is 0.490 e. The van der Waals surface area contributed by atoms with Crippen molar-refractivity contribution >= 4 is 10.0 Å². The summed E-state index contributed by atoms with van der Waals surface area (Å²) in [6.07, 6.45) is 0.933. The van der Waals surface area contributed by atoms with Crippen LogP contribution in [0, 0.1) is 0 Å². The van der Waals surface area contributed by atoms with Crippen molar-refractivity contribution in [3.05, 3.63) is 35.5 Å². The molecule has 2 aromatic rings. The topological polar surface area (TPSA) is 106 Å². The van der Waals surface area contributed by atoms with Gasteiger partial charge in [-0.15, -0.1) is 0 Å². The second-order valence-electron chi connectivity index (χ2n) is 7.63. The van der Waals surface area contributed by atoms with Crippen molar-refractivity contribution < 1.29 is 22.8 Å². The minimum atomic E-state index is -3.74. The molecule has 8 nitrogen and oxygen atoms in total. The maximum atomic E-state index is 13.1. The fourth-order valence-electron chi connectivity index (χ4n) is 3.51. The van der Waals surface area contributed by atoms with Crippen molar-refractivity contribution in [2.45, 2.75) is 56.1 Å². The van der Waals surface area contributed by atoms with Crippen LogP contribution in [0.15, 0.2) is 27.6 Å². The molecule has 9 heteroatoms. The van der Waals surface area contributed by atoms with Gasteiger partial charge >= 0.3 is 0 Å². The van der Waals surface area contributed by atoms with E-state index in [-0.39, 0.29) is 42.3 Å². The molecule has 1 fully saturated rings. The maximum absolute atomic E-state index is 13.1. The van der Waals surface area contributed by atoms with Crippen LogP contribution < -0.4 is 4.74 Å². The molecule has 2 aliphatic heterocycles. The number of aromatic nitrogens is 2. The summed E-state index contributed by atoms with van der Waals surface area (Å²) in [5.41, 5.74) is -0.585. The quantitative estimate of drug-likeness (QED) is 0.844. The van der Waals surface area contributed by atoms with Gasteiger partial charge in [0.15, 0.2) is 11.4 Å². The monoisotopic (exact) mass is 393 g/mol. The van der Waals surface area contributed by atoms with Crippen LogP contribution in [0.1, 0.15) is 50.4 Å². The van der Waals surface area contributed by atoms with Gasteiger partial charge in [0.1, 0.15) is 11.9 Å². The molecule has 3 heterocycles. The summed E-state index contributed by atoms with van der Waals surface area (Å²) in [6.45, 7) is 5.86. The normalized spacial score (nSPS) is 25.7. The van der Waals surface area contributed by atoms with Crippen molar-refractivity contribution in [3.8, 4) is 5.75 Å². The first kappa shape index (κ1) is 18.4. The van der Waals surface area contributed by atoms with Crippen molar-refractivity contribution in [3.63, 3.8) is 0 Å². The van der Waals surface area contributed by atoms with Gasteiger partial charge in [0.25, 0.3) is 5.89 Å². The average molecular weight is 393 g/mol. The molecule has 2 aliphatic rings. The third-order valence-electron chi connectivity index (χ3n) is 5.07. The molecule has 4 rings (SSSR count). The Morgan fingerprint density at radius 1 is 1.37 bits per heavy atom. The number of nitrogens with zero attached hydrogens (tertiary/aromatic N) is 3. The minimum absolute atomic E-state index is 0.0440. The highest BCUT2D eigenvalue weighted by molar-refractivity contribution is 7.89. The Hall–Kier alpha value is -1.97. The zero-order valence-corrected chi connectivity index (χ0v) is 16.4. The van der Waals surface area contributed by atoms with Crippen LogP contribution in [0.5, 0.6) is 5.75 Å². The highest BCUT2D eigenvalue weighted by Crippen LogP contribution is 2.36. The van der Waals surface area contributed by atoms with Crippen molar-refractivity contribution in [1.82, 2.24) is 14.4 Å². The number of rotatable bonds is 4. The van der Waals surface area contributed by atoms with E-state index in [1.54, 1.807) is 18.2 Å². The number of aliphatic hydroxyl groups is 1. The third-order valence-corrected chi connectivity index (χ3v) is 6.92. The second-order valence-corrected chi connectivity index (χ2v) is 9.57. The van der Waals surface area contributed by atoms with Crippen LogP contribution in [-0.2, 0) is 22.0 Å². The van der Waals surface area contributed by atoms with E-state index in [9.17, 15) is 13.5 Å². The predicted molar refractivity (Wildman–Crippen MR) is 95.9 cm³/mol. The molecule has 0 aliphatic carbocycles. The summed E-state index contributed by atoms with van der Waals surface area (Å²) in [5.74, 6) is 1.35. The van der Waals surface area contributed by atoms with Crippen LogP contribution in [0.2, 0.25) is 0 Å². The summed E-state index contributed by atoms with van der Waals surface area (Å²) in [5, 5.41) is 14.8. The van der Waals surface area contributed by atoms with Gasteiger partial charge in [-0.2, -0.15) is 9.29 Å². The molecular weight excluding hydrogens is 370 g/mol. The number of β-amino-alcohol motifs (C(OH)–C–C–N with tert-alkyl or cyclic N) is 1. The highest BCUT2D eigenvalue weighted by Gasteiger charge is 2.47. The van der Waals surface area contributed by atoms with E-state index >= 15 is 0 Å². The molecule has 1 saturated heterocycles. The molecule has 1 N–H and O–H groups in total. The molecule has 0 spiro atoms. The predicted octanol–water partition coefficient (Wildman–Crippen LogP) is 1.80. The number of hydrogen-bond acceptors (Lipinski definition) is 7. The second kappa shape index (κ2) is 6.29. The molecular formula is C18H23N3O5S. The van der Waals surface area contributed by atoms with Gasteiger partial charge in [0.2, 0.25) is 10.0 Å². The lowest BCUT2D eigenvalue weighted by molar-refractivity contribution is 0.0194. The molecule has 0 bridgehead atoms. The SMILES string of the molecule is CC(C)c1noc([C@@]2(O)CCN(S(=O)(=O)c3ccc4c(c3)C[C@@H](C)O4)C2)n1. The first-order chi connectivity index (χ1) is 12.7. The van der Waals surface area contributed by atoms with Crippen LogP contribution in [-0.4, -0.2) is 47.2 Å². The van der Waals surface area contributed by atoms with Gasteiger partial charge in [0.05, 0.1) is 11.4 Å². The Balaban J connectivity index is 1.58. The van der Waals surface area contributed by atoms with Crippen molar-refractivity contribution in [2.75, 3.05) is 13.1 Å². The van der Waals surface area contributed by atoms with E-state index in [0.717, 1.165) is 11.3 Å². The van der Waals surface area contributed by atoms with Crippen molar-refractivity contribution in [2.24, 2.45) is 0 Å². The van der Waals surface area contributed by atoms with Gasteiger partial charge in [-0.05, 0) is 30.7 Å². The zero-order chi connectivity index (χ0) is 19.4.